The summed E-state index contributed by atoms with van der Waals surface area (Å²) in [6.45, 7) is 2.31. The Hall–Kier alpha value is -1.95. The molecular weight excluding hydrogens is 280 g/mol. The van der Waals surface area contributed by atoms with Crippen LogP contribution in [0.3, 0.4) is 0 Å². The van der Waals surface area contributed by atoms with Gasteiger partial charge in [-0.25, -0.2) is 4.98 Å². The molecule has 1 aliphatic carbocycles. The Kier molecular flexibility index (Phi) is 3.54. The van der Waals surface area contributed by atoms with Crippen molar-refractivity contribution in [3.05, 3.63) is 24.2 Å². The number of hydrogen-bond donors (Lipinski definition) is 0. The molecule has 6 heteroatoms. The van der Waals surface area contributed by atoms with Crippen LogP contribution in [0.15, 0.2) is 22.9 Å². The van der Waals surface area contributed by atoms with Crippen LogP contribution in [0.2, 0.25) is 0 Å². The predicted octanol–water partition coefficient (Wildman–Crippen LogP) is 2.69. The molecule has 2 fully saturated rings. The molecule has 2 aromatic heterocycles. The van der Waals surface area contributed by atoms with E-state index in [2.05, 4.69) is 20.0 Å². The maximum atomic E-state index is 5.53. The molecule has 0 bridgehead atoms. The molecular formula is C16H20N4O2. The summed E-state index contributed by atoms with van der Waals surface area (Å²) in [5, 5.41) is 4.12. The predicted molar refractivity (Wildman–Crippen MR) is 80.4 cm³/mol. The third-order valence-electron chi connectivity index (χ3n) is 4.48. The summed E-state index contributed by atoms with van der Waals surface area (Å²) >= 11 is 0. The van der Waals surface area contributed by atoms with Gasteiger partial charge in [0.05, 0.1) is 13.2 Å². The van der Waals surface area contributed by atoms with Crippen molar-refractivity contribution in [2.75, 3.05) is 20.2 Å². The lowest BCUT2D eigenvalue weighted by atomic mass is 10.2. The first-order valence-electron chi connectivity index (χ1n) is 7.91. The molecule has 0 spiro atoms. The molecule has 1 saturated carbocycles. The average Bonchev–Trinajstić information content (AvgIpc) is 3.04. The Morgan fingerprint density at radius 1 is 1.32 bits per heavy atom. The normalized spacial score (nSPS) is 22.1. The monoisotopic (exact) mass is 300 g/mol. The minimum Gasteiger partial charge on any atom is -0.481 e. The quantitative estimate of drug-likeness (QED) is 0.846. The summed E-state index contributed by atoms with van der Waals surface area (Å²) in [6, 6.07) is 3.99. The zero-order valence-corrected chi connectivity index (χ0v) is 12.7. The van der Waals surface area contributed by atoms with Crippen molar-refractivity contribution >= 4 is 0 Å². The SMILES string of the molecule is COc1ccc(-c2noc([C@H]3CCCN3CC3CC3)n2)cn1. The van der Waals surface area contributed by atoms with Crippen molar-refractivity contribution in [2.45, 2.75) is 31.7 Å². The number of ether oxygens (including phenoxy) is 1. The van der Waals surface area contributed by atoms with Crippen LogP contribution in [0.4, 0.5) is 0 Å². The maximum Gasteiger partial charge on any atom is 0.244 e. The highest BCUT2D eigenvalue weighted by molar-refractivity contribution is 5.53. The summed E-state index contributed by atoms with van der Waals surface area (Å²) in [7, 11) is 1.60. The smallest absolute Gasteiger partial charge is 0.244 e. The second-order valence-corrected chi connectivity index (χ2v) is 6.14. The van der Waals surface area contributed by atoms with Crippen LogP contribution in [-0.4, -0.2) is 40.2 Å². The lowest BCUT2D eigenvalue weighted by Gasteiger charge is -2.20. The number of nitrogens with zero attached hydrogens (tertiary/aromatic N) is 4. The third kappa shape index (κ3) is 2.70. The molecule has 0 aromatic carbocycles. The largest absolute Gasteiger partial charge is 0.481 e. The molecule has 2 aromatic rings. The van der Waals surface area contributed by atoms with Crippen LogP contribution in [-0.2, 0) is 0 Å². The molecule has 0 N–H and O–H groups in total. The standard InChI is InChI=1S/C16H20N4O2/c1-21-14-7-6-12(9-17-14)15-18-16(22-19-15)13-3-2-8-20(13)10-11-4-5-11/h6-7,9,11,13H,2-5,8,10H2,1H3/t13-/m1/s1. The van der Waals surface area contributed by atoms with Gasteiger partial charge in [0.1, 0.15) is 0 Å². The van der Waals surface area contributed by atoms with Crippen LogP contribution in [0.5, 0.6) is 5.88 Å². The molecule has 0 radical (unpaired) electrons. The number of rotatable bonds is 5. The number of aromatic nitrogens is 3. The molecule has 2 aliphatic rings. The first-order chi connectivity index (χ1) is 10.8. The zero-order chi connectivity index (χ0) is 14.9. The summed E-state index contributed by atoms with van der Waals surface area (Å²) < 4.78 is 10.6. The Morgan fingerprint density at radius 3 is 2.95 bits per heavy atom. The maximum absolute atomic E-state index is 5.53. The fourth-order valence-electron chi connectivity index (χ4n) is 3.08. The molecule has 6 nitrogen and oxygen atoms in total. The van der Waals surface area contributed by atoms with Crippen LogP contribution in [0.25, 0.3) is 11.4 Å². The van der Waals surface area contributed by atoms with E-state index >= 15 is 0 Å². The van der Waals surface area contributed by atoms with Gasteiger partial charge in [-0.05, 0) is 44.2 Å². The van der Waals surface area contributed by atoms with E-state index in [1.54, 1.807) is 19.4 Å². The van der Waals surface area contributed by atoms with Gasteiger partial charge in [0.15, 0.2) is 0 Å². The molecule has 116 valence electrons. The second kappa shape index (κ2) is 5.68. The lowest BCUT2D eigenvalue weighted by Crippen LogP contribution is -2.25. The van der Waals surface area contributed by atoms with E-state index in [-0.39, 0.29) is 6.04 Å². The van der Waals surface area contributed by atoms with Crippen molar-refractivity contribution in [3.63, 3.8) is 0 Å². The van der Waals surface area contributed by atoms with Crippen LogP contribution in [0.1, 0.15) is 37.6 Å². The van der Waals surface area contributed by atoms with E-state index in [0.717, 1.165) is 30.3 Å². The Labute approximate surface area is 129 Å². The van der Waals surface area contributed by atoms with Crippen molar-refractivity contribution in [2.24, 2.45) is 5.92 Å². The van der Waals surface area contributed by atoms with Crippen LogP contribution >= 0.6 is 0 Å². The summed E-state index contributed by atoms with van der Waals surface area (Å²) in [5.74, 6) is 2.81. The van der Waals surface area contributed by atoms with Gasteiger partial charge < -0.3 is 9.26 Å². The Morgan fingerprint density at radius 2 is 2.23 bits per heavy atom. The molecule has 3 heterocycles. The third-order valence-corrected chi connectivity index (χ3v) is 4.48. The molecule has 4 rings (SSSR count). The lowest BCUT2D eigenvalue weighted by molar-refractivity contribution is 0.201. The van der Waals surface area contributed by atoms with Crippen molar-refractivity contribution in [1.82, 2.24) is 20.0 Å². The van der Waals surface area contributed by atoms with E-state index in [4.69, 9.17) is 9.26 Å². The number of methoxy groups -OCH3 is 1. The highest BCUT2D eigenvalue weighted by Gasteiger charge is 2.34. The van der Waals surface area contributed by atoms with Gasteiger partial charge >= 0.3 is 0 Å². The number of pyridine rings is 1. The van der Waals surface area contributed by atoms with Crippen LogP contribution in [0, 0.1) is 5.92 Å². The molecule has 22 heavy (non-hydrogen) atoms. The van der Waals surface area contributed by atoms with Crippen molar-refractivity contribution in [3.8, 4) is 17.3 Å². The second-order valence-electron chi connectivity index (χ2n) is 6.14. The molecule has 0 unspecified atom stereocenters. The van der Waals surface area contributed by atoms with E-state index in [9.17, 15) is 0 Å². The van der Waals surface area contributed by atoms with Gasteiger partial charge in [0.2, 0.25) is 17.6 Å². The van der Waals surface area contributed by atoms with Gasteiger partial charge in [0, 0.05) is 24.4 Å². The molecule has 1 atom stereocenters. The minimum absolute atomic E-state index is 0.285. The zero-order valence-electron chi connectivity index (χ0n) is 12.7. The molecule has 0 amide bonds. The van der Waals surface area contributed by atoms with Gasteiger partial charge in [-0.2, -0.15) is 4.98 Å². The highest BCUT2D eigenvalue weighted by Crippen LogP contribution is 2.37. The van der Waals surface area contributed by atoms with E-state index in [0.29, 0.717) is 11.7 Å². The molecule has 1 aliphatic heterocycles. The summed E-state index contributed by atoms with van der Waals surface area (Å²) in [6.07, 6.45) is 6.77. The topological polar surface area (TPSA) is 64.3 Å². The van der Waals surface area contributed by atoms with Gasteiger partial charge in [-0.15, -0.1) is 0 Å². The first-order valence-corrected chi connectivity index (χ1v) is 7.91. The fourth-order valence-corrected chi connectivity index (χ4v) is 3.08. The van der Waals surface area contributed by atoms with E-state index in [1.807, 2.05) is 6.07 Å². The average molecular weight is 300 g/mol. The fraction of sp³-hybridized carbons (Fsp3) is 0.562. The Bertz CT molecular complexity index is 636. The number of hydrogen-bond acceptors (Lipinski definition) is 6. The van der Waals surface area contributed by atoms with E-state index < -0.39 is 0 Å². The summed E-state index contributed by atoms with van der Waals surface area (Å²) in [4.78, 5) is 11.3. The first kappa shape index (κ1) is 13.7. The minimum atomic E-state index is 0.285. The Balaban J connectivity index is 1.52. The number of likely N-dealkylation sites (tertiary alicyclic amines) is 1. The highest BCUT2D eigenvalue weighted by atomic mass is 16.5. The van der Waals surface area contributed by atoms with Gasteiger partial charge in [-0.1, -0.05) is 5.16 Å². The van der Waals surface area contributed by atoms with Gasteiger partial charge in [-0.3, -0.25) is 4.90 Å². The van der Waals surface area contributed by atoms with Crippen LogP contribution < -0.4 is 4.74 Å². The van der Waals surface area contributed by atoms with Crippen molar-refractivity contribution in [1.29, 1.82) is 0 Å². The van der Waals surface area contributed by atoms with E-state index in [1.165, 1.54) is 25.8 Å². The molecule has 1 saturated heterocycles. The van der Waals surface area contributed by atoms with Crippen molar-refractivity contribution < 1.29 is 9.26 Å². The van der Waals surface area contributed by atoms with Gasteiger partial charge in [0.25, 0.3) is 0 Å². The summed E-state index contributed by atoms with van der Waals surface area (Å²) in [5.41, 5.74) is 0.850.